The third-order valence-electron chi connectivity index (χ3n) is 3.63. The summed E-state index contributed by atoms with van der Waals surface area (Å²) in [6, 6.07) is 5.70. The van der Waals surface area contributed by atoms with E-state index in [0.29, 0.717) is 43.8 Å². The zero-order valence-electron chi connectivity index (χ0n) is 12.3. The van der Waals surface area contributed by atoms with Crippen molar-refractivity contribution < 1.29 is 14.2 Å². The van der Waals surface area contributed by atoms with Gasteiger partial charge in [0.1, 0.15) is 24.0 Å². The molecule has 1 saturated heterocycles. The first-order chi connectivity index (χ1) is 10.1. The molecule has 0 radical (unpaired) electrons. The van der Waals surface area contributed by atoms with Gasteiger partial charge < -0.3 is 19.9 Å². The molecule has 6 heteroatoms. The largest absolute Gasteiger partial charge is 0.492 e. The molecule has 0 saturated carbocycles. The Labute approximate surface area is 123 Å². The number of fused-ring (bicyclic) bond motifs is 1. The van der Waals surface area contributed by atoms with Gasteiger partial charge in [0, 0.05) is 7.11 Å². The van der Waals surface area contributed by atoms with Gasteiger partial charge in [0.2, 0.25) is 0 Å². The number of methoxy groups -OCH3 is 1. The lowest BCUT2D eigenvalue weighted by Gasteiger charge is -2.40. The van der Waals surface area contributed by atoms with Crippen LogP contribution in [0.25, 0.3) is 10.9 Å². The van der Waals surface area contributed by atoms with Gasteiger partial charge in [0.25, 0.3) is 0 Å². The lowest BCUT2D eigenvalue weighted by atomic mass is 9.88. The number of anilines is 1. The van der Waals surface area contributed by atoms with E-state index in [1.165, 1.54) is 0 Å². The number of hydrogen-bond donors (Lipinski definition) is 1. The van der Waals surface area contributed by atoms with Crippen LogP contribution in [0.5, 0.6) is 5.75 Å². The van der Waals surface area contributed by atoms with E-state index in [0.717, 1.165) is 10.9 Å². The first-order valence-electron chi connectivity index (χ1n) is 6.86. The van der Waals surface area contributed by atoms with Gasteiger partial charge in [-0.05, 0) is 19.1 Å². The summed E-state index contributed by atoms with van der Waals surface area (Å²) >= 11 is 0. The topological polar surface area (TPSA) is 79.5 Å². The van der Waals surface area contributed by atoms with Crippen LogP contribution in [0.2, 0.25) is 0 Å². The molecule has 2 heterocycles. The highest BCUT2D eigenvalue weighted by atomic mass is 16.5. The van der Waals surface area contributed by atoms with Gasteiger partial charge in [0.05, 0.1) is 36.1 Å². The van der Waals surface area contributed by atoms with Gasteiger partial charge in [-0.25, -0.2) is 9.97 Å². The molecular formula is C15H19N3O3. The van der Waals surface area contributed by atoms with E-state index in [2.05, 4.69) is 9.97 Å². The first kappa shape index (κ1) is 14.0. The van der Waals surface area contributed by atoms with Gasteiger partial charge in [-0.15, -0.1) is 0 Å². The molecule has 2 N–H and O–H groups in total. The molecule has 1 aliphatic rings. The van der Waals surface area contributed by atoms with Crippen LogP contribution in [-0.4, -0.2) is 43.5 Å². The summed E-state index contributed by atoms with van der Waals surface area (Å²) in [4.78, 5) is 8.61. The molecule has 0 unspecified atom stereocenters. The summed E-state index contributed by atoms with van der Waals surface area (Å²) in [5.41, 5.74) is 6.74. The van der Waals surface area contributed by atoms with Crippen LogP contribution in [0.15, 0.2) is 18.2 Å². The fourth-order valence-corrected chi connectivity index (χ4v) is 2.56. The Bertz CT molecular complexity index is 656. The summed E-state index contributed by atoms with van der Waals surface area (Å²) in [5.74, 6) is 1.80. The summed E-state index contributed by atoms with van der Waals surface area (Å²) in [6.45, 7) is 4.26. The second kappa shape index (κ2) is 5.46. The number of benzene rings is 1. The van der Waals surface area contributed by atoms with E-state index in [1.54, 1.807) is 7.11 Å². The second-order valence-electron chi connectivity index (χ2n) is 5.52. The minimum atomic E-state index is -0.0722. The zero-order valence-corrected chi connectivity index (χ0v) is 12.3. The van der Waals surface area contributed by atoms with Crippen molar-refractivity contribution in [3.8, 4) is 5.75 Å². The minimum absolute atomic E-state index is 0.0722. The van der Waals surface area contributed by atoms with Crippen molar-refractivity contribution in [3.63, 3.8) is 0 Å². The van der Waals surface area contributed by atoms with Gasteiger partial charge in [-0.1, -0.05) is 6.07 Å². The maximum atomic E-state index is 6.02. The number of nitrogen functional groups attached to an aromatic ring is 1. The Kier molecular flexibility index (Phi) is 3.65. The predicted octanol–water partition coefficient (Wildman–Crippen LogP) is 1.56. The molecule has 0 atom stereocenters. The number of hydrogen-bond acceptors (Lipinski definition) is 6. The molecule has 112 valence electrons. The Morgan fingerprint density at radius 2 is 2.10 bits per heavy atom. The number of rotatable bonds is 5. The maximum Gasteiger partial charge on any atom is 0.138 e. The van der Waals surface area contributed by atoms with Crippen molar-refractivity contribution in [1.29, 1.82) is 0 Å². The highest BCUT2D eigenvalue weighted by Crippen LogP contribution is 2.33. The molecule has 3 rings (SSSR count). The van der Waals surface area contributed by atoms with E-state index in [1.807, 2.05) is 25.1 Å². The lowest BCUT2D eigenvalue weighted by molar-refractivity contribution is -0.158. The summed E-state index contributed by atoms with van der Waals surface area (Å²) < 4.78 is 16.5. The van der Waals surface area contributed by atoms with Gasteiger partial charge >= 0.3 is 0 Å². The Morgan fingerprint density at radius 1 is 1.29 bits per heavy atom. The molecule has 21 heavy (non-hydrogen) atoms. The molecule has 2 aromatic rings. The van der Waals surface area contributed by atoms with Crippen molar-refractivity contribution in [3.05, 3.63) is 24.0 Å². The van der Waals surface area contributed by atoms with Crippen LogP contribution in [0.4, 0.5) is 5.82 Å². The molecule has 1 aliphatic heterocycles. The maximum absolute atomic E-state index is 6.02. The third-order valence-corrected chi connectivity index (χ3v) is 3.63. The van der Waals surface area contributed by atoms with Gasteiger partial charge in [-0.3, -0.25) is 0 Å². The van der Waals surface area contributed by atoms with E-state index < -0.39 is 0 Å². The highest BCUT2D eigenvalue weighted by molar-refractivity contribution is 5.93. The predicted molar refractivity (Wildman–Crippen MR) is 79.3 cm³/mol. The minimum Gasteiger partial charge on any atom is -0.492 e. The fraction of sp³-hybridized carbons (Fsp3) is 0.467. The Balaban J connectivity index is 1.87. The van der Waals surface area contributed by atoms with Crippen molar-refractivity contribution in [2.24, 2.45) is 5.41 Å². The monoisotopic (exact) mass is 289 g/mol. The van der Waals surface area contributed by atoms with Crippen molar-refractivity contribution in [2.75, 3.05) is 39.3 Å². The van der Waals surface area contributed by atoms with Crippen LogP contribution in [-0.2, 0) is 9.47 Å². The number of nitrogens with zero attached hydrogens (tertiary/aromatic N) is 2. The summed E-state index contributed by atoms with van der Waals surface area (Å²) in [5, 5.41) is 0.760. The number of ether oxygens (including phenoxy) is 3. The Morgan fingerprint density at radius 3 is 2.76 bits per heavy atom. The second-order valence-corrected chi connectivity index (χ2v) is 5.52. The molecular weight excluding hydrogens is 270 g/mol. The quantitative estimate of drug-likeness (QED) is 0.900. The number of nitrogens with two attached hydrogens (primary N) is 1. The van der Waals surface area contributed by atoms with Crippen molar-refractivity contribution >= 4 is 16.7 Å². The van der Waals surface area contributed by atoms with Crippen LogP contribution in [0.3, 0.4) is 0 Å². The molecule has 1 fully saturated rings. The molecule has 1 aromatic carbocycles. The molecule has 0 amide bonds. The summed E-state index contributed by atoms with van der Waals surface area (Å²) in [7, 11) is 1.69. The lowest BCUT2D eigenvalue weighted by Crippen LogP contribution is -2.50. The number of aryl methyl sites for hydroxylation is 1. The van der Waals surface area contributed by atoms with Gasteiger partial charge in [0.15, 0.2) is 0 Å². The number of aromatic nitrogens is 2. The van der Waals surface area contributed by atoms with Crippen molar-refractivity contribution in [1.82, 2.24) is 9.97 Å². The molecule has 6 nitrogen and oxygen atoms in total. The molecule has 0 aliphatic carbocycles. The standard InChI is InChI=1S/C15H19N3O3/c1-10-17-11-4-3-5-12(13(11)14(16)18-10)21-9-15(6-19-2)7-20-8-15/h3-5H,6-9H2,1-2H3,(H2,16,17,18). The SMILES string of the molecule is COCC1(COc2cccc3nc(C)nc(N)c23)COC1. The van der Waals surface area contributed by atoms with E-state index in [-0.39, 0.29) is 5.41 Å². The fourth-order valence-electron chi connectivity index (χ4n) is 2.56. The van der Waals surface area contributed by atoms with Crippen molar-refractivity contribution in [2.45, 2.75) is 6.92 Å². The average Bonchev–Trinajstić information content (AvgIpc) is 2.41. The smallest absolute Gasteiger partial charge is 0.138 e. The molecule has 0 bridgehead atoms. The zero-order chi connectivity index (χ0) is 14.9. The van der Waals surface area contributed by atoms with E-state index in [9.17, 15) is 0 Å². The third kappa shape index (κ3) is 2.64. The van der Waals surface area contributed by atoms with E-state index in [4.69, 9.17) is 19.9 Å². The van der Waals surface area contributed by atoms with Crippen LogP contribution in [0.1, 0.15) is 5.82 Å². The molecule has 0 spiro atoms. The average molecular weight is 289 g/mol. The summed E-state index contributed by atoms with van der Waals surface area (Å²) in [6.07, 6.45) is 0. The van der Waals surface area contributed by atoms with E-state index >= 15 is 0 Å². The van der Waals surface area contributed by atoms with Crippen LogP contribution in [0, 0.1) is 12.3 Å². The highest BCUT2D eigenvalue weighted by Gasteiger charge is 2.40. The normalized spacial score (nSPS) is 16.7. The molecule has 1 aromatic heterocycles. The van der Waals surface area contributed by atoms with Crippen LogP contribution < -0.4 is 10.5 Å². The Hall–Kier alpha value is -1.92. The van der Waals surface area contributed by atoms with Gasteiger partial charge in [-0.2, -0.15) is 0 Å². The van der Waals surface area contributed by atoms with Crippen LogP contribution >= 0.6 is 0 Å². The first-order valence-corrected chi connectivity index (χ1v) is 6.86.